The minimum Gasteiger partial charge on any atom is -0.497 e. The summed E-state index contributed by atoms with van der Waals surface area (Å²) in [4.78, 5) is 15.6. The summed E-state index contributed by atoms with van der Waals surface area (Å²) < 4.78 is 10.7. The van der Waals surface area contributed by atoms with E-state index in [1.165, 1.54) is 16.5 Å². The molecule has 2 amide bonds. The molecule has 148 valence electrons. The maximum absolute atomic E-state index is 12.3. The molecule has 0 fully saturated rings. The van der Waals surface area contributed by atoms with E-state index in [0.29, 0.717) is 12.3 Å². The van der Waals surface area contributed by atoms with Crippen LogP contribution in [0, 0.1) is 6.92 Å². The molecule has 0 saturated carbocycles. The van der Waals surface area contributed by atoms with Gasteiger partial charge in [-0.25, -0.2) is 4.79 Å². The molecule has 2 aromatic carbocycles. The molecular weight excluding hydrogens is 354 g/mol. The van der Waals surface area contributed by atoms with Crippen molar-refractivity contribution in [2.75, 3.05) is 20.8 Å². The highest BCUT2D eigenvalue weighted by atomic mass is 16.5. The SMILES string of the molecule is COc1ccc(OC)c(C(C)NC(=O)NCCc2c[nH]c3cc(C)ccc23)c1. The van der Waals surface area contributed by atoms with Crippen molar-refractivity contribution in [3.05, 3.63) is 59.3 Å². The average Bonchev–Trinajstić information content (AvgIpc) is 3.09. The van der Waals surface area contributed by atoms with Crippen LogP contribution in [-0.2, 0) is 6.42 Å². The van der Waals surface area contributed by atoms with Gasteiger partial charge in [0.05, 0.1) is 20.3 Å². The summed E-state index contributed by atoms with van der Waals surface area (Å²) in [5, 5.41) is 7.08. The van der Waals surface area contributed by atoms with Crippen molar-refractivity contribution in [3.8, 4) is 11.5 Å². The first kappa shape index (κ1) is 19.6. The van der Waals surface area contributed by atoms with E-state index in [1.54, 1.807) is 14.2 Å². The van der Waals surface area contributed by atoms with Crippen LogP contribution >= 0.6 is 0 Å². The van der Waals surface area contributed by atoms with Gasteiger partial charge < -0.3 is 25.1 Å². The second kappa shape index (κ2) is 8.69. The van der Waals surface area contributed by atoms with Crippen molar-refractivity contribution in [3.63, 3.8) is 0 Å². The maximum atomic E-state index is 12.3. The van der Waals surface area contributed by atoms with E-state index in [0.717, 1.165) is 23.3 Å². The summed E-state index contributed by atoms with van der Waals surface area (Å²) in [5.41, 5.74) is 4.40. The number of H-pyrrole nitrogens is 1. The monoisotopic (exact) mass is 381 g/mol. The van der Waals surface area contributed by atoms with Gasteiger partial charge in [0, 0.05) is 29.2 Å². The third-order valence-electron chi connectivity index (χ3n) is 4.85. The molecule has 3 rings (SSSR count). The van der Waals surface area contributed by atoms with E-state index in [1.807, 2.05) is 31.3 Å². The number of urea groups is 1. The van der Waals surface area contributed by atoms with Crippen LogP contribution in [-0.4, -0.2) is 31.8 Å². The van der Waals surface area contributed by atoms with Crippen LogP contribution in [0.3, 0.4) is 0 Å². The lowest BCUT2D eigenvalue weighted by Crippen LogP contribution is -2.38. The Balaban J connectivity index is 1.57. The molecule has 0 aliphatic carbocycles. The fourth-order valence-corrected chi connectivity index (χ4v) is 3.32. The summed E-state index contributed by atoms with van der Waals surface area (Å²) in [6.07, 6.45) is 2.76. The van der Waals surface area contributed by atoms with E-state index in [4.69, 9.17) is 9.47 Å². The number of carbonyl (C=O) groups is 1. The highest BCUT2D eigenvalue weighted by Crippen LogP contribution is 2.29. The molecule has 0 aliphatic rings. The van der Waals surface area contributed by atoms with E-state index >= 15 is 0 Å². The molecule has 0 aliphatic heterocycles. The first-order valence-electron chi connectivity index (χ1n) is 9.34. The van der Waals surface area contributed by atoms with Crippen molar-refractivity contribution >= 4 is 16.9 Å². The van der Waals surface area contributed by atoms with Gasteiger partial charge >= 0.3 is 6.03 Å². The maximum Gasteiger partial charge on any atom is 0.315 e. The first-order valence-corrected chi connectivity index (χ1v) is 9.34. The fourth-order valence-electron chi connectivity index (χ4n) is 3.32. The number of methoxy groups -OCH3 is 2. The Morgan fingerprint density at radius 1 is 1.14 bits per heavy atom. The smallest absolute Gasteiger partial charge is 0.315 e. The second-order valence-electron chi connectivity index (χ2n) is 6.84. The van der Waals surface area contributed by atoms with E-state index in [9.17, 15) is 4.79 Å². The zero-order valence-electron chi connectivity index (χ0n) is 16.8. The molecule has 1 heterocycles. The molecule has 0 spiro atoms. The summed E-state index contributed by atoms with van der Waals surface area (Å²) in [6.45, 7) is 4.54. The van der Waals surface area contributed by atoms with E-state index in [2.05, 4.69) is 40.7 Å². The summed E-state index contributed by atoms with van der Waals surface area (Å²) in [5.74, 6) is 1.43. The highest BCUT2D eigenvalue weighted by Gasteiger charge is 2.15. The van der Waals surface area contributed by atoms with E-state index < -0.39 is 0 Å². The third-order valence-corrected chi connectivity index (χ3v) is 4.85. The Kier molecular flexibility index (Phi) is 6.09. The van der Waals surface area contributed by atoms with Crippen molar-refractivity contribution in [1.82, 2.24) is 15.6 Å². The number of rotatable bonds is 7. The number of fused-ring (bicyclic) bond motifs is 1. The van der Waals surface area contributed by atoms with Crippen molar-refractivity contribution in [2.24, 2.45) is 0 Å². The molecule has 1 atom stereocenters. The van der Waals surface area contributed by atoms with Gasteiger partial charge in [-0.05, 0) is 55.7 Å². The van der Waals surface area contributed by atoms with Crippen molar-refractivity contribution in [2.45, 2.75) is 26.3 Å². The summed E-state index contributed by atoms with van der Waals surface area (Å²) in [6, 6.07) is 11.5. The topological polar surface area (TPSA) is 75.4 Å². The lowest BCUT2D eigenvalue weighted by atomic mass is 10.1. The van der Waals surface area contributed by atoms with Crippen molar-refractivity contribution in [1.29, 1.82) is 0 Å². The van der Waals surface area contributed by atoms with Gasteiger partial charge in [0.1, 0.15) is 11.5 Å². The van der Waals surface area contributed by atoms with Gasteiger partial charge in [0.15, 0.2) is 0 Å². The zero-order chi connectivity index (χ0) is 20.1. The number of hydrogen-bond acceptors (Lipinski definition) is 3. The number of nitrogens with one attached hydrogen (secondary N) is 3. The molecular formula is C22H27N3O3. The van der Waals surface area contributed by atoms with Crippen LogP contribution in [0.2, 0.25) is 0 Å². The molecule has 0 radical (unpaired) electrons. The van der Waals surface area contributed by atoms with Crippen molar-refractivity contribution < 1.29 is 14.3 Å². The minimum absolute atomic E-state index is 0.215. The van der Waals surface area contributed by atoms with Gasteiger partial charge in [-0.15, -0.1) is 0 Å². The minimum atomic E-state index is -0.221. The number of aromatic amines is 1. The van der Waals surface area contributed by atoms with E-state index in [-0.39, 0.29) is 12.1 Å². The number of carbonyl (C=O) groups excluding carboxylic acids is 1. The normalized spacial score (nSPS) is 11.9. The van der Waals surface area contributed by atoms with Crippen LogP contribution in [0.1, 0.15) is 29.7 Å². The number of aromatic nitrogens is 1. The number of aryl methyl sites for hydroxylation is 1. The Bertz CT molecular complexity index is 965. The molecule has 0 saturated heterocycles. The molecule has 28 heavy (non-hydrogen) atoms. The van der Waals surface area contributed by atoms with Gasteiger partial charge in [-0.3, -0.25) is 0 Å². The van der Waals surface area contributed by atoms with Crippen LogP contribution in [0.15, 0.2) is 42.6 Å². The van der Waals surface area contributed by atoms with Crippen LogP contribution in [0.4, 0.5) is 4.79 Å². The lowest BCUT2D eigenvalue weighted by molar-refractivity contribution is 0.238. The van der Waals surface area contributed by atoms with Crippen LogP contribution in [0.5, 0.6) is 11.5 Å². The number of hydrogen-bond donors (Lipinski definition) is 3. The Morgan fingerprint density at radius 3 is 2.71 bits per heavy atom. The number of benzene rings is 2. The summed E-state index contributed by atoms with van der Waals surface area (Å²) >= 11 is 0. The van der Waals surface area contributed by atoms with Gasteiger partial charge in [0.2, 0.25) is 0 Å². The third kappa shape index (κ3) is 4.39. The Hall–Kier alpha value is -3.15. The number of ether oxygens (including phenoxy) is 2. The molecule has 6 nitrogen and oxygen atoms in total. The molecule has 1 aromatic heterocycles. The average molecular weight is 381 g/mol. The second-order valence-corrected chi connectivity index (χ2v) is 6.84. The van der Waals surface area contributed by atoms with Gasteiger partial charge in [-0.1, -0.05) is 12.1 Å². The summed E-state index contributed by atoms with van der Waals surface area (Å²) in [7, 11) is 3.23. The predicted molar refractivity (Wildman–Crippen MR) is 111 cm³/mol. The van der Waals surface area contributed by atoms with Gasteiger partial charge in [-0.2, -0.15) is 0 Å². The largest absolute Gasteiger partial charge is 0.497 e. The molecule has 1 unspecified atom stereocenters. The first-order chi connectivity index (χ1) is 13.5. The lowest BCUT2D eigenvalue weighted by Gasteiger charge is -2.18. The predicted octanol–water partition coefficient (Wildman–Crippen LogP) is 4.10. The van der Waals surface area contributed by atoms with Crippen LogP contribution < -0.4 is 20.1 Å². The quantitative estimate of drug-likeness (QED) is 0.577. The van der Waals surface area contributed by atoms with Crippen LogP contribution in [0.25, 0.3) is 10.9 Å². The molecule has 6 heteroatoms. The molecule has 3 N–H and O–H groups in total. The highest BCUT2D eigenvalue weighted by molar-refractivity contribution is 5.84. The fraction of sp³-hybridized carbons (Fsp3) is 0.318. The van der Waals surface area contributed by atoms with Gasteiger partial charge in [0.25, 0.3) is 0 Å². The Labute approximate surface area is 165 Å². The molecule has 3 aromatic rings. The standard InChI is InChI=1S/C22H27N3O3/c1-14-5-7-18-16(13-24-20(18)11-14)9-10-23-22(26)25-15(2)19-12-17(27-3)6-8-21(19)28-4/h5-8,11-13,15,24H,9-10H2,1-4H3,(H2,23,25,26). The molecule has 0 bridgehead atoms. The Morgan fingerprint density at radius 2 is 1.96 bits per heavy atom. The number of amides is 2. The zero-order valence-corrected chi connectivity index (χ0v) is 16.8.